The van der Waals surface area contributed by atoms with Crippen LogP contribution in [0.15, 0.2) is 0 Å². The van der Waals surface area contributed by atoms with E-state index in [1.54, 1.807) is 0 Å². The number of carbonyl (C=O) groups excluding carboxylic acids is 1. The van der Waals surface area contributed by atoms with Gasteiger partial charge in [0.25, 0.3) is 0 Å². The zero-order valence-corrected chi connectivity index (χ0v) is 14.7. The van der Waals surface area contributed by atoms with Crippen molar-refractivity contribution in [3.63, 3.8) is 0 Å². The van der Waals surface area contributed by atoms with Gasteiger partial charge in [0.15, 0.2) is 0 Å². The zero-order chi connectivity index (χ0) is 15.3. The Labute approximate surface area is 134 Å². The minimum Gasteiger partial charge on any atom is -0.353 e. The minimum atomic E-state index is 0.244. The van der Waals surface area contributed by atoms with Crippen molar-refractivity contribution in [2.24, 2.45) is 11.3 Å². The molecule has 0 aromatic carbocycles. The molecule has 1 unspecified atom stereocenters. The Balaban J connectivity index is 1.69. The van der Waals surface area contributed by atoms with Crippen molar-refractivity contribution in [1.82, 2.24) is 10.6 Å². The molecule has 1 saturated heterocycles. The van der Waals surface area contributed by atoms with E-state index in [4.69, 9.17) is 0 Å². The number of amides is 1. The van der Waals surface area contributed by atoms with Crippen LogP contribution in [0.2, 0.25) is 0 Å². The quantitative estimate of drug-likeness (QED) is 0.819. The summed E-state index contributed by atoms with van der Waals surface area (Å²) in [5.74, 6) is 3.32. The Morgan fingerprint density at radius 1 is 1.29 bits per heavy atom. The molecule has 1 heterocycles. The van der Waals surface area contributed by atoms with Gasteiger partial charge < -0.3 is 10.6 Å². The SMILES string of the molecule is CCC(C)(C)C1CCC(NC(=O)CC2CSCCN2)CC1. The molecule has 3 nitrogen and oxygen atoms in total. The molecule has 21 heavy (non-hydrogen) atoms. The molecular formula is C17H32N2OS. The Morgan fingerprint density at radius 2 is 2.00 bits per heavy atom. The van der Waals surface area contributed by atoms with E-state index in [2.05, 4.69) is 31.4 Å². The normalized spacial score (nSPS) is 30.9. The second kappa shape index (κ2) is 7.87. The van der Waals surface area contributed by atoms with Crippen molar-refractivity contribution >= 4 is 17.7 Å². The van der Waals surface area contributed by atoms with E-state index in [9.17, 15) is 4.79 Å². The average Bonchev–Trinajstić information content (AvgIpc) is 2.48. The third-order valence-electron chi connectivity index (χ3n) is 5.54. The summed E-state index contributed by atoms with van der Waals surface area (Å²) in [7, 11) is 0. The predicted octanol–water partition coefficient (Wildman–Crippen LogP) is 3.19. The fourth-order valence-electron chi connectivity index (χ4n) is 3.57. The Bertz CT molecular complexity index is 332. The highest BCUT2D eigenvalue weighted by molar-refractivity contribution is 7.99. The lowest BCUT2D eigenvalue weighted by Crippen LogP contribution is -2.45. The predicted molar refractivity (Wildman–Crippen MR) is 91.7 cm³/mol. The van der Waals surface area contributed by atoms with Crippen molar-refractivity contribution < 1.29 is 4.79 Å². The molecule has 1 amide bonds. The molecule has 0 aromatic rings. The highest BCUT2D eigenvalue weighted by atomic mass is 32.2. The van der Waals surface area contributed by atoms with Gasteiger partial charge in [-0.2, -0.15) is 11.8 Å². The van der Waals surface area contributed by atoms with E-state index < -0.39 is 0 Å². The fraction of sp³-hybridized carbons (Fsp3) is 0.941. The summed E-state index contributed by atoms with van der Waals surface area (Å²) in [5, 5.41) is 6.71. The number of hydrogen-bond donors (Lipinski definition) is 2. The molecule has 1 aliphatic carbocycles. The highest BCUT2D eigenvalue weighted by Gasteiger charge is 2.32. The maximum Gasteiger partial charge on any atom is 0.221 e. The molecule has 4 heteroatoms. The standard InChI is InChI=1S/C17H32N2OS/c1-4-17(2,3)13-5-7-14(8-6-13)19-16(20)11-15-12-21-10-9-18-15/h13-15,18H,4-12H2,1-3H3,(H,19,20). The van der Waals surface area contributed by atoms with Gasteiger partial charge in [-0.05, 0) is 37.0 Å². The molecule has 1 atom stereocenters. The summed E-state index contributed by atoms with van der Waals surface area (Å²) in [6.07, 6.45) is 6.75. The van der Waals surface area contributed by atoms with Gasteiger partial charge in [0, 0.05) is 36.6 Å². The lowest BCUT2D eigenvalue weighted by atomic mass is 9.69. The van der Waals surface area contributed by atoms with Crippen LogP contribution in [0.1, 0.15) is 59.3 Å². The number of rotatable bonds is 5. The van der Waals surface area contributed by atoms with Gasteiger partial charge in [0.1, 0.15) is 0 Å². The lowest BCUT2D eigenvalue weighted by molar-refractivity contribution is -0.122. The Kier molecular flexibility index (Phi) is 6.42. The van der Waals surface area contributed by atoms with Crippen molar-refractivity contribution in [3.8, 4) is 0 Å². The van der Waals surface area contributed by atoms with E-state index in [-0.39, 0.29) is 5.91 Å². The first kappa shape index (κ1) is 17.1. The first-order valence-electron chi connectivity index (χ1n) is 8.61. The average molecular weight is 313 g/mol. The minimum absolute atomic E-state index is 0.244. The lowest BCUT2D eigenvalue weighted by Gasteiger charge is -2.39. The van der Waals surface area contributed by atoms with Gasteiger partial charge in [-0.25, -0.2) is 0 Å². The molecule has 0 aromatic heterocycles. The summed E-state index contributed by atoms with van der Waals surface area (Å²) in [6.45, 7) is 8.12. The molecule has 0 bridgehead atoms. The summed E-state index contributed by atoms with van der Waals surface area (Å²) in [5.41, 5.74) is 0.457. The van der Waals surface area contributed by atoms with Gasteiger partial charge in [-0.3, -0.25) is 4.79 Å². The van der Waals surface area contributed by atoms with Crippen LogP contribution in [0.5, 0.6) is 0 Å². The Morgan fingerprint density at radius 3 is 2.57 bits per heavy atom. The third-order valence-corrected chi connectivity index (χ3v) is 6.67. The van der Waals surface area contributed by atoms with E-state index in [1.807, 2.05) is 11.8 Å². The Hall–Kier alpha value is -0.220. The monoisotopic (exact) mass is 312 g/mol. The molecule has 1 saturated carbocycles. The van der Waals surface area contributed by atoms with Crippen LogP contribution in [0, 0.1) is 11.3 Å². The largest absolute Gasteiger partial charge is 0.353 e. The van der Waals surface area contributed by atoms with Crippen molar-refractivity contribution in [2.75, 3.05) is 18.1 Å². The molecule has 0 spiro atoms. The van der Waals surface area contributed by atoms with Crippen LogP contribution in [0.3, 0.4) is 0 Å². The van der Waals surface area contributed by atoms with Crippen LogP contribution in [0.4, 0.5) is 0 Å². The third kappa shape index (κ3) is 5.17. The first-order chi connectivity index (χ1) is 10.0. The molecule has 0 radical (unpaired) electrons. The van der Waals surface area contributed by atoms with Gasteiger partial charge in [-0.15, -0.1) is 0 Å². The fourth-order valence-corrected chi connectivity index (χ4v) is 4.52. The molecule has 1 aliphatic heterocycles. The van der Waals surface area contributed by atoms with Crippen LogP contribution in [0.25, 0.3) is 0 Å². The molecule has 2 fully saturated rings. The number of carbonyl (C=O) groups is 1. The second-order valence-corrected chi connectivity index (χ2v) is 8.54. The molecule has 122 valence electrons. The van der Waals surface area contributed by atoms with Crippen molar-refractivity contribution in [2.45, 2.75) is 71.4 Å². The van der Waals surface area contributed by atoms with Crippen LogP contribution in [-0.4, -0.2) is 36.0 Å². The maximum atomic E-state index is 12.2. The van der Waals surface area contributed by atoms with Crippen molar-refractivity contribution in [3.05, 3.63) is 0 Å². The number of nitrogens with one attached hydrogen (secondary N) is 2. The van der Waals surface area contributed by atoms with Crippen LogP contribution in [-0.2, 0) is 4.79 Å². The zero-order valence-electron chi connectivity index (χ0n) is 13.9. The van der Waals surface area contributed by atoms with Gasteiger partial charge in [0.05, 0.1) is 0 Å². The van der Waals surface area contributed by atoms with Crippen LogP contribution >= 0.6 is 11.8 Å². The molecule has 2 rings (SSSR count). The summed E-state index contributed by atoms with van der Waals surface area (Å²) < 4.78 is 0. The van der Waals surface area contributed by atoms with Gasteiger partial charge in [0.2, 0.25) is 5.91 Å². The van der Waals surface area contributed by atoms with E-state index in [0.29, 0.717) is 23.9 Å². The van der Waals surface area contributed by atoms with E-state index in [1.165, 1.54) is 25.0 Å². The second-order valence-electron chi connectivity index (χ2n) is 7.39. The summed E-state index contributed by atoms with van der Waals surface area (Å²) in [6, 6.07) is 0.789. The first-order valence-corrected chi connectivity index (χ1v) is 9.77. The van der Waals surface area contributed by atoms with Crippen LogP contribution < -0.4 is 10.6 Å². The summed E-state index contributed by atoms with van der Waals surface area (Å²) >= 11 is 1.95. The highest BCUT2D eigenvalue weighted by Crippen LogP contribution is 2.40. The smallest absolute Gasteiger partial charge is 0.221 e. The molecule has 2 aliphatic rings. The molecular weight excluding hydrogens is 280 g/mol. The van der Waals surface area contributed by atoms with E-state index in [0.717, 1.165) is 31.1 Å². The number of thioether (sulfide) groups is 1. The van der Waals surface area contributed by atoms with Crippen molar-refractivity contribution in [1.29, 1.82) is 0 Å². The number of hydrogen-bond acceptors (Lipinski definition) is 3. The van der Waals surface area contributed by atoms with E-state index >= 15 is 0 Å². The van der Waals surface area contributed by atoms with Gasteiger partial charge in [-0.1, -0.05) is 27.2 Å². The topological polar surface area (TPSA) is 41.1 Å². The van der Waals surface area contributed by atoms with Gasteiger partial charge >= 0.3 is 0 Å². The molecule has 2 N–H and O–H groups in total. The summed E-state index contributed by atoms with van der Waals surface area (Å²) in [4.78, 5) is 12.2. The maximum absolute atomic E-state index is 12.2.